The maximum atomic E-state index is 13.6. The molecule has 0 aliphatic heterocycles. The monoisotopic (exact) mass is 1120 g/mol. The van der Waals surface area contributed by atoms with Crippen LogP contribution in [0, 0.1) is 103 Å². The summed E-state index contributed by atoms with van der Waals surface area (Å²) in [5, 5.41) is 45.8. The number of carbonyl (C=O) groups is 2. The maximum Gasteiger partial charge on any atom is 0.344 e. The lowest BCUT2D eigenvalue weighted by molar-refractivity contribution is -0.205. The van der Waals surface area contributed by atoms with Gasteiger partial charge < -0.3 is 39.4 Å². The van der Waals surface area contributed by atoms with E-state index < -0.39 is 23.0 Å². The molecule has 8 bridgehead atoms. The molecule has 0 saturated heterocycles. The zero-order chi connectivity index (χ0) is 58.6. The molecule has 0 aromatic heterocycles. The highest BCUT2D eigenvalue weighted by molar-refractivity contribution is 5.73. The smallest absolute Gasteiger partial charge is 0.344 e. The fraction of sp³-hybridized carbons (Fsp3) is 0.479. The van der Waals surface area contributed by atoms with Crippen LogP contribution in [-0.4, -0.2) is 56.8 Å². The minimum absolute atomic E-state index is 0.124. The van der Waals surface area contributed by atoms with E-state index in [4.69, 9.17) is 18.9 Å². The third-order valence-corrected chi connectivity index (χ3v) is 21.6. The van der Waals surface area contributed by atoms with E-state index in [0.29, 0.717) is 63.8 Å². The summed E-state index contributed by atoms with van der Waals surface area (Å²) < 4.78 is 25.4. The standard InChI is InChI=1S/C73H84O10/c1-38-19-64(76)42(5)15-56(38)70(58-17-44(7)66(21-40(58)3)80-36-68(78)82-72(9)52-26-48-24-49(28-52)29-53(72)27-48)60-34-46(11-13-62(60)74)23-47-12-14-63(75)61(35-47)71(57-16-43(6)65(77)20-39(57)2)59-18-45(8)67(22-41(59)4)81-37-69(79)83-73(10)54-30-50-25-51(32-54)33-55(73)31-50/h11-22,34-35,48-55,70-71,74-77H,23-33,36-37H2,1-10H3. The number of hydrogen-bond donors (Lipinski definition) is 4. The Morgan fingerprint density at radius 1 is 0.398 bits per heavy atom. The number of phenolic OH excluding ortho intramolecular Hbond substituents is 4. The Morgan fingerprint density at radius 2 is 0.711 bits per heavy atom. The van der Waals surface area contributed by atoms with E-state index in [1.807, 2.05) is 91.8 Å². The Bertz CT molecular complexity index is 3260. The average molecular weight is 1120 g/mol. The molecule has 8 aliphatic carbocycles. The Labute approximate surface area is 490 Å². The summed E-state index contributed by atoms with van der Waals surface area (Å²) in [5.41, 5.74) is 12.8. The van der Waals surface area contributed by atoms with E-state index in [0.717, 1.165) is 142 Å². The van der Waals surface area contributed by atoms with E-state index in [1.165, 1.54) is 12.8 Å². The van der Waals surface area contributed by atoms with E-state index in [-0.39, 0.29) is 48.2 Å². The first kappa shape index (κ1) is 56.5. The summed E-state index contributed by atoms with van der Waals surface area (Å²) in [6, 6.07) is 27.2. The Kier molecular flexibility index (Phi) is 14.7. The van der Waals surface area contributed by atoms with Gasteiger partial charge in [-0.3, -0.25) is 0 Å². The summed E-state index contributed by atoms with van der Waals surface area (Å²) in [4.78, 5) is 27.2. The molecule has 0 amide bonds. The van der Waals surface area contributed by atoms with Crippen molar-refractivity contribution in [3.63, 3.8) is 0 Å². The largest absolute Gasteiger partial charge is 0.508 e. The Balaban J connectivity index is 0.826. The van der Waals surface area contributed by atoms with Gasteiger partial charge in [0.1, 0.15) is 45.7 Å². The number of benzene rings is 6. The van der Waals surface area contributed by atoms with Gasteiger partial charge in [-0.2, -0.15) is 0 Å². The number of aromatic hydroxyl groups is 4. The summed E-state index contributed by atoms with van der Waals surface area (Å²) in [5.74, 6) is 4.97. The van der Waals surface area contributed by atoms with Gasteiger partial charge >= 0.3 is 11.9 Å². The van der Waals surface area contributed by atoms with E-state index >= 15 is 0 Å². The van der Waals surface area contributed by atoms with E-state index in [9.17, 15) is 30.0 Å². The van der Waals surface area contributed by atoms with Crippen LogP contribution in [0.3, 0.4) is 0 Å². The van der Waals surface area contributed by atoms with Gasteiger partial charge in [-0.1, -0.05) is 48.5 Å². The van der Waals surface area contributed by atoms with Crippen molar-refractivity contribution in [1.82, 2.24) is 0 Å². The second-order valence-electron chi connectivity index (χ2n) is 27.3. The number of rotatable bonds is 16. The van der Waals surface area contributed by atoms with E-state index in [2.05, 4.69) is 38.1 Å². The normalized spacial score (nSPS) is 27.1. The van der Waals surface area contributed by atoms with Gasteiger partial charge in [0.15, 0.2) is 13.2 Å². The molecule has 4 N–H and O–H groups in total. The first-order chi connectivity index (χ1) is 39.5. The van der Waals surface area contributed by atoms with Gasteiger partial charge in [-0.25, -0.2) is 9.59 Å². The topological polar surface area (TPSA) is 152 Å². The van der Waals surface area contributed by atoms with Gasteiger partial charge in [0.25, 0.3) is 0 Å². The predicted octanol–water partition coefficient (Wildman–Crippen LogP) is 15.2. The number of aryl methyl sites for hydroxylation is 8. The average Bonchev–Trinajstić information content (AvgIpc) is 2.67. The highest BCUT2D eigenvalue weighted by atomic mass is 16.6. The van der Waals surface area contributed by atoms with E-state index in [1.54, 1.807) is 24.3 Å². The number of ether oxygens (including phenoxy) is 4. The van der Waals surface area contributed by atoms with Crippen LogP contribution in [0.25, 0.3) is 0 Å². The molecular formula is C73H84O10. The first-order valence-corrected chi connectivity index (χ1v) is 30.7. The van der Waals surface area contributed by atoms with Crippen LogP contribution >= 0.6 is 0 Å². The summed E-state index contributed by atoms with van der Waals surface area (Å²) in [6.07, 6.45) is 12.3. The predicted molar refractivity (Wildman–Crippen MR) is 322 cm³/mol. The molecule has 0 heterocycles. The molecular weight excluding hydrogens is 1040 g/mol. The van der Waals surface area contributed by atoms with Crippen molar-refractivity contribution in [3.8, 4) is 34.5 Å². The third-order valence-electron chi connectivity index (χ3n) is 21.6. The molecule has 2 unspecified atom stereocenters. The van der Waals surface area contributed by atoms with Crippen LogP contribution in [0.4, 0.5) is 0 Å². The van der Waals surface area contributed by atoms with Crippen LogP contribution in [0.1, 0.15) is 179 Å². The molecule has 8 aliphatic rings. The first-order valence-electron chi connectivity index (χ1n) is 30.7. The number of phenols is 4. The number of hydrogen-bond acceptors (Lipinski definition) is 10. The Morgan fingerprint density at radius 3 is 1.05 bits per heavy atom. The third kappa shape index (κ3) is 10.5. The maximum absolute atomic E-state index is 13.6. The molecule has 10 nitrogen and oxygen atoms in total. The van der Waals surface area contributed by atoms with Crippen molar-refractivity contribution in [2.24, 2.45) is 47.3 Å². The summed E-state index contributed by atoms with van der Waals surface area (Å²) in [7, 11) is 0. The fourth-order valence-corrected chi connectivity index (χ4v) is 17.4. The number of carbonyl (C=O) groups excluding carboxylic acids is 2. The van der Waals surface area contributed by atoms with Gasteiger partial charge in [-0.15, -0.1) is 0 Å². The van der Waals surface area contributed by atoms with Crippen LogP contribution < -0.4 is 9.47 Å². The molecule has 0 spiro atoms. The second-order valence-corrected chi connectivity index (χ2v) is 27.3. The SMILES string of the molecule is Cc1cc(C(c2cc(C)c(OCC(=O)OC3(C)C4CC5CC(C4)CC3C5)cc2C)c2cc(Cc3ccc(O)c(C(c4cc(C)c(O)cc4C)c4cc(C)c(OCC(=O)OC5(C)C6CC7CC(C6)CC5C7)cc4C)c3)ccc2O)c(C)cc1O. The van der Waals surface area contributed by atoms with Crippen LogP contribution in [0.2, 0.25) is 0 Å². The molecule has 83 heavy (non-hydrogen) atoms. The van der Waals surface area contributed by atoms with Crippen LogP contribution in [-0.2, 0) is 25.5 Å². The molecule has 10 heteroatoms. The molecule has 14 rings (SSSR count). The fourth-order valence-electron chi connectivity index (χ4n) is 17.4. The van der Waals surface area contributed by atoms with Gasteiger partial charge in [0.2, 0.25) is 0 Å². The van der Waals surface area contributed by atoms with Crippen molar-refractivity contribution in [3.05, 3.63) is 174 Å². The lowest BCUT2D eigenvalue weighted by atomic mass is 9.50. The van der Waals surface area contributed by atoms with Gasteiger partial charge in [0.05, 0.1) is 0 Å². The van der Waals surface area contributed by atoms with Gasteiger partial charge in [-0.05, 0) is 301 Å². The highest BCUT2D eigenvalue weighted by Gasteiger charge is 2.58. The van der Waals surface area contributed by atoms with Crippen molar-refractivity contribution in [2.75, 3.05) is 13.2 Å². The van der Waals surface area contributed by atoms with Crippen LogP contribution in [0.5, 0.6) is 34.5 Å². The molecule has 8 saturated carbocycles. The summed E-state index contributed by atoms with van der Waals surface area (Å²) >= 11 is 0. The number of esters is 2. The van der Waals surface area contributed by atoms with Crippen molar-refractivity contribution < 1.29 is 49.0 Å². The van der Waals surface area contributed by atoms with Crippen molar-refractivity contribution in [2.45, 2.75) is 163 Å². The Hall–Kier alpha value is -6.94. The second kappa shape index (κ2) is 21.6. The molecule has 2 atom stereocenters. The van der Waals surface area contributed by atoms with Crippen LogP contribution in [0.15, 0.2) is 84.9 Å². The molecule has 436 valence electrons. The van der Waals surface area contributed by atoms with Crippen molar-refractivity contribution in [1.29, 1.82) is 0 Å². The minimum atomic E-state index is -0.460. The quantitative estimate of drug-likeness (QED) is 0.0544. The van der Waals surface area contributed by atoms with Crippen molar-refractivity contribution >= 4 is 11.9 Å². The molecule has 6 aromatic rings. The summed E-state index contributed by atoms with van der Waals surface area (Å²) in [6.45, 7) is 19.7. The highest BCUT2D eigenvalue weighted by Crippen LogP contribution is 2.61. The molecule has 8 fully saturated rings. The molecule has 0 radical (unpaired) electrons. The minimum Gasteiger partial charge on any atom is -0.508 e. The van der Waals surface area contributed by atoms with Gasteiger partial charge in [0, 0.05) is 23.0 Å². The lowest BCUT2D eigenvalue weighted by Crippen LogP contribution is -2.58. The zero-order valence-electron chi connectivity index (χ0n) is 50.3. The lowest BCUT2D eigenvalue weighted by Gasteiger charge is -2.59. The molecule has 6 aromatic carbocycles. The zero-order valence-corrected chi connectivity index (χ0v) is 50.3.